The number of hydrogen-bond donors (Lipinski definition) is 1. The molecule has 0 atom stereocenters. The van der Waals surface area contributed by atoms with E-state index in [9.17, 15) is 0 Å². The number of rotatable bonds is 1. The van der Waals surface area contributed by atoms with Crippen molar-refractivity contribution in [3.63, 3.8) is 0 Å². The van der Waals surface area contributed by atoms with Crippen LogP contribution in [0.3, 0.4) is 0 Å². The smallest absolute Gasteiger partial charge is 0.115 e. The average Bonchev–Trinajstić information content (AvgIpc) is 2.43. The van der Waals surface area contributed by atoms with E-state index >= 15 is 0 Å². The predicted molar refractivity (Wildman–Crippen MR) is 80.0 cm³/mol. The molecule has 2 nitrogen and oxygen atoms in total. The van der Waals surface area contributed by atoms with Gasteiger partial charge in [-0.2, -0.15) is 5.26 Å². The summed E-state index contributed by atoms with van der Waals surface area (Å²) in [7, 11) is 0. The maximum atomic E-state index is 8.63. The van der Waals surface area contributed by atoms with E-state index < -0.39 is 0 Å². The van der Waals surface area contributed by atoms with Crippen molar-refractivity contribution in [1.29, 1.82) is 5.26 Å². The fraction of sp³-hybridized carbons (Fsp3) is 0.235. The lowest BCUT2D eigenvalue weighted by Crippen LogP contribution is -1.80. The molecule has 0 saturated carbocycles. The largest absolute Gasteiger partial charge is 0.508 e. The monoisotopic (exact) mass is 255 g/mol. The summed E-state index contributed by atoms with van der Waals surface area (Å²) in [5, 5.41) is 17.0. The van der Waals surface area contributed by atoms with Crippen LogP contribution in [0.15, 0.2) is 54.6 Å². The molecule has 19 heavy (non-hydrogen) atoms. The molecule has 0 aliphatic heterocycles. The predicted octanol–water partition coefficient (Wildman–Crippen LogP) is 4.48. The molecule has 0 aliphatic carbocycles. The van der Waals surface area contributed by atoms with Crippen molar-refractivity contribution in [3.05, 3.63) is 65.7 Å². The van der Waals surface area contributed by atoms with E-state index in [0.29, 0.717) is 12.2 Å². The summed E-state index contributed by atoms with van der Waals surface area (Å²) in [6, 6.07) is 18.8. The van der Waals surface area contributed by atoms with Crippen LogP contribution in [0.4, 0.5) is 0 Å². The van der Waals surface area contributed by atoms with Gasteiger partial charge in [0.15, 0.2) is 0 Å². The first kappa shape index (κ1) is 16.7. The summed E-state index contributed by atoms with van der Waals surface area (Å²) in [6.45, 7) is 6.03. The molecule has 2 aromatic carbocycles. The lowest BCUT2D eigenvalue weighted by Gasteiger charge is -1.94. The second-order valence-corrected chi connectivity index (χ2v) is 3.66. The van der Waals surface area contributed by atoms with Crippen LogP contribution < -0.4 is 0 Å². The Bertz CT molecular complexity index is 486. The van der Waals surface area contributed by atoms with Crippen LogP contribution in [-0.2, 0) is 6.42 Å². The van der Waals surface area contributed by atoms with Crippen molar-refractivity contribution in [3.8, 4) is 11.8 Å². The van der Waals surface area contributed by atoms with Crippen LogP contribution in [-0.4, -0.2) is 5.11 Å². The molecule has 0 aromatic heterocycles. The van der Waals surface area contributed by atoms with Gasteiger partial charge in [0.25, 0.3) is 0 Å². The SMILES string of the molecule is CC.Cc1cccc(CC#N)c1.Oc1ccccc1. The Morgan fingerprint density at radius 3 is 2.05 bits per heavy atom. The Balaban J connectivity index is 0.000000316. The van der Waals surface area contributed by atoms with Gasteiger partial charge in [-0.1, -0.05) is 61.9 Å². The molecule has 0 amide bonds. The van der Waals surface area contributed by atoms with Gasteiger partial charge in [-0.05, 0) is 24.6 Å². The topological polar surface area (TPSA) is 44.0 Å². The minimum absolute atomic E-state index is 0.322. The zero-order valence-corrected chi connectivity index (χ0v) is 11.8. The van der Waals surface area contributed by atoms with Crippen LogP contribution in [0.2, 0.25) is 0 Å². The van der Waals surface area contributed by atoms with Gasteiger partial charge >= 0.3 is 0 Å². The van der Waals surface area contributed by atoms with Crippen molar-refractivity contribution in [1.82, 2.24) is 0 Å². The number of phenolic OH excluding ortho intramolecular Hbond substituents is 1. The highest BCUT2D eigenvalue weighted by atomic mass is 16.3. The van der Waals surface area contributed by atoms with Crippen molar-refractivity contribution >= 4 is 0 Å². The third kappa shape index (κ3) is 8.45. The van der Waals surface area contributed by atoms with Crippen LogP contribution >= 0.6 is 0 Å². The van der Waals surface area contributed by atoms with E-state index in [1.807, 2.05) is 51.1 Å². The number of benzene rings is 2. The maximum Gasteiger partial charge on any atom is 0.115 e. The van der Waals surface area contributed by atoms with Crippen LogP contribution in [0, 0.1) is 18.3 Å². The second kappa shape index (κ2) is 10.9. The molecule has 0 saturated heterocycles. The van der Waals surface area contributed by atoms with Gasteiger partial charge in [0.1, 0.15) is 5.75 Å². The molecule has 0 unspecified atom stereocenters. The summed E-state index contributed by atoms with van der Waals surface area (Å²) in [4.78, 5) is 0. The van der Waals surface area contributed by atoms with Gasteiger partial charge in [-0.15, -0.1) is 0 Å². The molecule has 0 aliphatic rings. The third-order valence-corrected chi connectivity index (χ3v) is 2.12. The average molecular weight is 255 g/mol. The summed E-state index contributed by atoms with van der Waals surface area (Å²) in [6.07, 6.45) is 0.516. The molecule has 2 aromatic rings. The van der Waals surface area contributed by atoms with E-state index in [1.165, 1.54) is 5.56 Å². The van der Waals surface area contributed by atoms with E-state index in [1.54, 1.807) is 24.3 Å². The van der Waals surface area contributed by atoms with Gasteiger partial charge < -0.3 is 5.11 Å². The van der Waals surface area contributed by atoms with Crippen LogP contribution in [0.5, 0.6) is 5.75 Å². The van der Waals surface area contributed by atoms with Crippen molar-refractivity contribution in [2.75, 3.05) is 0 Å². The Kier molecular flexibility index (Phi) is 9.56. The molecule has 0 fully saturated rings. The van der Waals surface area contributed by atoms with E-state index in [4.69, 9.17) is 10.4 Å². The number of nitrogens with zero attached hydrogens (tertiary/aromatic N) is 1. The van der Waals surface area contributed by atoms with Crippen molar-refractivity contribution < 1.29 is 5.11 Å². The molecular formula is C17H21NO. The Morgan fingerprint density at radius 2 is 1.63 bits per heavy atom. The second-order valence-electron chi connectivity index (χ2n) is 3.66. The molecule has 1 N–H and O–H groups in total. The fourth-order valence-corrected chi connectivity index (χ4v) is 1.34. The molecule has 0 bridgehead atoms. The van der Waals surface area contributed by atoms with Crippen LogP contribution in [0.25, 0.3) is 0 Å². The maximum absolute atomic E-state index is 8.63. The van der Waals surface area contributed by atoms with Crippen LogP contribution in [0.1, 0.15) is 25.0 Å². The van der Waals surface area contributed by atoms with E-state index in [0.717, 1.165) is 5.56 Å². The van der Waals surface area contributed by atoms with Gasteiger partial charge in [-0.3, -0.25) is 0 Å². The zero-order valence-electron chi connectivity index (χ0n) is 11.8. The first-order chi connectivity index (χ1) is 9.22. The lowest BCUT2D eigenvalue weighted by molar-refractivity contribution is 0.475. The number of para-hydroxylation sites is 1. The highest BCUT2D eigenvalue weighted by Gasteiger charge is 1.89. The Labute approximate surface area is 116 Å². The Hall–Kier alpha value is -2.27. The van der Waals surface area contributed by atoms with Gasteiger partial charge in [0, 0.05) is 0 Å². The van der Waals surface area contributed by atoms with Gasteiger partial charge in [0.05, 0.1) is 12.5 Å². The minimum atomic E-state index is 0.322. The van der Waals surface area contributed by atoms with E-state index in [2.05, 4.69) is 6.07 Å². The van der Waals surface area contributed by atoms with Gasteiger partial charge in [-0.25, -0.2) is 0 Å². The van der Waals surface area contributed by atoms with Crippen molar-refractivity contribution in [2.45, 2.75) is 27.2 Å². The molecule has 0 heterocycles. The summed E-state index contributed by atoms with van der Waals surface area (Å²) in [5.41, 5.74) is 2.32. The molecule has 0 spiro atoms. The lowest BCUT2D eigenvalue weighted by atomic mass is 10.1. The summed E-state index contributed by atoms with van der Waals surface area (Å²) >= 11 is 0. The summed E-state index contributed by atoms with van der Waals surface area (Å²) < 4.78 is 0. The van der Waals surface area contributed by atoms with Crippen molar-refractivity contribution in [2.24, 2.45) is 0 Å². The minimum Gasteiger partial charge on any atom is -0.508 e. The normalized spacial score (nSPS) is 8.11. The number of aromatic hydroxyl groups is 1. The summed E-state index contributed by atoms with van der Waals surface area (Å²) in [5.74, 6) is 0.322. The number of phenols is 1. The quantitative estimate of drug-likeness (QED) is 0.816. The first-order valence-corrected chi connectivity index (χ1v) is 6.39. The van der Waals surface area contributed by atoms with E-state index in [-0.39, 0.29) is 0 Å². The highest BCUT2D eigenvalue weighted by molar-refractivity contribution is 5.24. The Morgan fingerprint density at radius 1 is 1.00 bits per heavy atom. The van der Waals surface area contributed by atoms with Gasteiger partial charge in [0.2, 0.25) is 0 Å². The standard InChI is InChI=1S/C9H9N.C6H6O.C2H6/c1-8-3-2-4-9(7-8)5-6-10;7-6-4-2-1-3-5-6;1-2/h2-4,7H,5H2,1H3;1-5,7H;1-2H3. The number of nitriles is 1. The molecule has 2 rings (SSSR count). The molecule has 100 valence electrons. The first-order valence-electron chi connectivity index (χ1n) is 6.39. The zero-order chi connectivity index (χ0) is 14.5. The molecule has 2 heteroatoms. The number of hydrogen-bond acceptors (Lipinski definition) is 2. The highest BCUT2D eigenvalue weighted by Crippen LogP contribution is 2.03. The number of aryl methyl sites for hydroxylation is 1. The molecule has 0 radical (unpaired) electrons. The fourth-order valence-electron chi connectivity index (χ4n) is 1.34. The molecular weight excluding hydrogens is 234 g/mol. The third-order valence-electron chi connectivity index (χ3n) is 2.12.